The second-order valence-corrected chi connectivity index (χ2v) is 7.32. The fraction of sp³-hybridized carbons (Fsp3) is 0.385. The van der Waals surface area contributed by atoms with Crippen LogP contribution in [0.2, 0.25) is 0 Å². The summed E-state index contributed by atoms with van der Waals surface area (Å²) in [7, 11) is -4.25. The SMILES string of the molecule is O=C(O)C1CC(C(=O)O)CN(S(=O)(=O)c2cccc([N+](=O)[O-])c2)C1. The molecule has 0 radical (unpaired) electrons. The molecule has 24 heavy (non-hydrogen) atoms. The van der Waals surface area contributed by atoms with E-state index in [1.165, 1.54) is 6.07 Å². The molecule has 130 valence electrons. The lowest BCUT2D eigenvalue weighted by Crippen LogP contribution is -2.48. The van der Waals surface area contributed by atoms with Gasteiger partial charge in [-0.15, -0.1) is 0 Å². The van der Waals surface area contributed by atoms with Crippen molar-refractivity contribution < 1.29 is 33.1 Å². The number of carbonyl (C=O) groups is 2. The van der Waals surface area contributed by atoms with Gasteiger partial charge in [-0.25, -0.2) is 8.42 Å². The molecule has 0 aromatic heterocycles. The van der Waals surface area contributed by atoms with Gasteiger partial charge in [0.25, 0.3) is 5.69 Å². The number of carboxylic acids is 2. The van der Waals surface area contributed by atoms with Crippen LogP contribution in [0.5, 0.6) is 0 Å². The number of nitrogens with zero attached hydrogens (tertiary/aromatic N) is 2. The highest BCUT2D eigenvalue weighted by molar-refractivity contribution is 7.89. The minimum Gasteiger partial charge on any atom is -0.481 e. The van der Waals surface area contributed by atoms with Crippen LogP contribution in [-0.2, 0) is 19.6 Å². The van der Waals surface area contributed by atoms with Crippen LogP contribution in [0, 0.1) is 22.0 Å². The molecule has 1 fully saturated rings. The number of nitro groups is 1. The van der Waals surface area contributed by atoms with Gasteiger partial charge in [0.15, 0.2) is 0 Å². The molecule has 1 saturated heterocycles. The van der Waals surface area contributed by atoms with Gasteiger partial charge in [0.2, 0.25) is 10.0 Å². The maximum absolute atomic E-state index is 12.6. The number of carboxylic acid groups (broad SMARTS) is 2. The Labute approximate surface area is 136 Å². The minimum absolute atomic E-state index is 0.175. The number of rotatable bonds is 5. The second kappa shape index (κ2) is 6.53. The Morgan fingerprint density at radius 3 is 2.17 bits per heavy atom. The zero-order valence-corrected chi connectivity index (χ0v) is 13.0. The van der Waals surface area contributed by atoms with Crippen LogP contribution < -0.4 is 0 Å². The van der Waals surface area contributed by atoms with Gasteiger partial charge >= 0.3 is 11.9 Å². The Balaban J connectivity index is 2.39. The Bertz CT molecular complexity index is 769. The fourth-order valence-corrected chi connectivity index (χ4v) is 4.09. The van der Waals surface area contributed by atoms with E-state index in [2.05, 4.69) is 0 Å². The zero-order chi connectivity index (χ0) is 18.1. The fourth-order valence-electron chi connectivity index (χ4n) is 2.52. The minimum atomic E-state index is -4.25. The summed E-state index contributed by atoms with van der Waals surface area (Å²) in [6, 6.07) is 4.31. The van der Waals surface area contributed by atoms with E-state index < -0.39 is 44.4 Å². The lowest BCUT2D eigenvalue weighted by Gasteiger charge is -2.33. The molecule has 0 aliphatic carbocycles. The summed E-state index contributed by atoms with van der Waals surface area (Å²) in [4.78, 5) is 32.0. The van der Waals surface area contributed by atoms with Crippen molar-refractivity contribution in [1.82, 2.24) is 4.31 Å². The van der Waals surface area contributed by atoms with Crippen molar-refractivity contribution in [3.63, 3.8) is 0 Å². The van der Waals surface area contributed by atoms with E-state index in [0.29, 0.717) is 0 Å². The summed E-state index contributed by atoms with van der Waals surface area (Å²) in [5.74, 6) is -4.90. The van der Waals surface area contributed by atoms with Gasteiger partial charge in [-0.3, -0.25) is 19.7 Å². The smallest absolute Gasteiger partial charge is 0.307 e. The van der Waals surface area contributed by atoms with Crippen LogP contribution in [0.1, 0.15) is 6.42 Å². The topological polar surface area (TPSA) is 155 Å². The molecule has 10 nitrogen and oxygen atoms in total. The number of sulfonamides is 1. The first-order valence-corrected chi connectivity index (χ1v) is 8.27. The maximum Gasteiger partial charge on any atom is 0.307 e. The van der Waals surface area contributed by atoms with Gasteiger partial charge in [0.1, 0.15) is 0 Å². The molecule has 2 N–H and O–H groups in total. The van der Waals surface area contributed by atoms with Crippen LogP contribution in [0.15, 0.2) is 29.2 Å². The van der Waals surface area contributed by atoms with Gasteiger partial charge in [0, 0.05) is 25.2 Å². The van der Waals surface area contributed by atoms with Gasteiger partial charge in [-0.1, -0.05) is 6.07 Å². The molecule has 1 aromatic carbocycles. The highest BCUT2D eigenvalue weighted by Gasteiger charge is 2.40. The van der Waals surface area contributed by atoms with Crippen molar-refractivity contribution in [2.45, 2.75) is 11.3 Å². The first-order valence-electron chi connectivity index (χ1n) is 6.83. The van der Waals surface area contributed by atoms with Crippen LogP contribution >= 0.6 is 0 Å². The number of hydrogen-bond donors (Lipinski definition) is 2. The molecule has 0 saturated carbocycles. The van der Waals surface area contributed by atoms with Gasteiger partial charge in [-0.05, 0) is 12.5 Å². The van der Waals surface area contributed by atoms with Crippen molar-refractivity contribution in [3.05, 3.63) is 34.4 Å². The van der Waals surface area contributed by atoms with Crippen molar-refractivity contribution in [3.8, 4) is 0 Å². The van der Waals surface area contributed by atoms with E-state index in [1.54, 1.807) is 0 Å². The van der Waals surface area contributed by atoms with Crippen molar-refractivity contribution in [2.75, 3.05) is 13.1 Å². The zero-order valence-electron chi connectivity index (χ0n) is 12.2. The van der Waals surface area contributed by atoms with E-state index in [0.717, 1.165) is 22.5 Å². The number of hydrogen-bond acceptors (Lipinski definition) is 6. The summed E-state index contributed by atoms with van der Waals surface area (Å²) in [5.41, 5.74) is -0.433. The van der Waals surface area contributed by atoms with E-state index in [1.807, 2.05) is 0 Å². The predicted molar refractivity (Wildman–Crippen MR) is 78.7 cm³/mol. The normalized spacial score (nSPS) is 22.0. The molecule has 1 aliphatic heterocycles. The van der Waals surface area contributed by atoms with Crippen LogP contribution in [0.25, 0.3) is 0 Å². The second-order valence-electron chi connectivity index (χ2n) is 5.38. The summed E-state index contributed by atoms with van der Waals surface area (Å²) >= 11 is 0. The third kappa shape index (κ3) is 3.51. The van der Waals surface area contributed by atoms with Crippen LogP contribution in [0.4, 0.5) is 5.69 Å². The molecule has 0 bridgehead atoms. The first kappa shape index (κ1) is 17.8. The average molecular weight is 358 g/mol. The lowest BCUT2D eigenvalue weighted by molar-refractivity contribution is -0.385. The summed E-state index contributed by atoms with van der Waals surface area (Å²) in [6.07, 6.45) is -0.175. The molecule has 11 heteroatoms. The molecule has 2 unspecified atom stereocenters. The lowest BCUT2D eigenvalue weighted by atomic mass is 9.91. The number of aliphatic carboxylic acids is 2. The van der Waals surface area contributed by atoms with E-state index in [-0.39, 0.29) is 24.4 Å². The molecular formula is C13H14N2O8S. The molecule has 2 rings (SSSR count). The molecule has 1 aliphatic rings. The Morgan fingerprint density at radius 1 is 1.17 bits per heavy atom. The third-order valence-corrected chi connectivity index (χ3v) is 5.61. The van der Waals surface area contributed by atoms with E-state index in [4.69, 9.17) is 10.2 Å². The van der Waals surface area contributed by atoms with Crippen molar-refractivity contribution in [1.29, 1.82) is 0 Å². The van der Waals surface area contributed by atoms with Crippen LogP contribution in [-0.4, -0.2) is 52.9 Å². The van der Waals surface area contributed by atoms with Crippen molar-refractivity contribution >= 4 is 27.6 Å². The molecule has 0 spiro atoms. The highest BCUT2D eigenvalue weighted by atomic mass is 32.2. The van der Waals surface area contributed by atoms with E-state index in [9.17, 15) is 28.1 Å². The van der Waals surface area contributed by atoms with E-state index >= 15 is 0 Å². The molecular weight excluding hydrogens is 344 g/mol. The average Bonchev–Trinajstić information content (AvgIpc) is 2.54. The van der Waals surface area contributed by atoms with Gasteiger partial charge in [-0.2, -0.15) is 4.31 Å². The summed E-state index contributed by atoms with van der Waals surface area (Å²) < 4.78 is 26.0. The maximum atomic E-state index is 12.6. The quantitative estimate of drug-likeness (QED) is 0.565. The number of benzene rings is 1. The summed E-state index contributed by atoms with van der Waals surface area (Å²) in [5, 5.41) is 29.0. The standard InChI is InChI=1S/C13H14N2O8S/c16-12(17)8-4-9(13(18)19)7-14(6-8)24(22,23)11-3-1-2-10(5-11)15(20)21/h1-3,5,8-9H,4,6-7H2,(H,16,17)(H,18,19). The highest BCUT2D eigenvalue weighted by Crippen LogP contribution is 2.28. The molecule has 0 amide bonds. The predicted octanol–water partition coefficient (Wildman–Crippen LogP) is 0.391. The Kier molecular flexibility index (Phi) is 4.85. The summed E-state index contributed by atoms with van der Waals surface area (Å²) in [6.45, 7) is -0.770. The molecule has 2 atom stereocenters. The molecule has 1 heterocycles. The van der Waals surface area contributed by atoms with Crippen molar-refractivity contribution in [2.24, 2.45) is 11.8 Å². The van der Waals surface area contributed by atoms with Crippen LogP contribution in [0.3, 0.4) is 0 Å². The monoisotopic (exact) mass is 358 g/mol. The largest absolute Gasteiger partial charge is 0.481 e. The number of piperidine rings is 1. The number of non-ortho nitro benzene ring substituents is 1. The first-order chi connectivity index (χ1) is 11.1. The van der Waals surface area contributed by atoms with Gasteiger partial charge in [0.05, 0.1) is 21.7 Å². The number of nitro benzene ring substituents is 1. The Morgan fingerprint density at radius 2 is 1.71 bits per heavy atom. The van der Waals surface area contributed by atoms with Gasteiger partial charge < -0.3 is 10.2 Å². The third-order valence-electron chi connectivity index (χ3n) is 3.78. The molecule has 1 aromatic rings. The Hall–Kier alpha value is -2.53.